The first-order valence-corrected chi connectivity index (χ1v) is 9.16. The third-order valence-corrected chi connectivity index (χ3v) is 5.23. The van der Waals surface area contributed by atoms with E-state index >= 15 is 0 Å². The number of aromatic amines is 1. The zero-order valence-corrected chi connectivity index (χ0v) is 15.9. The number of nitrogens with one attached hydrogen (secondary N) is 1. The van der Waals surface area contributed by atoms with Gasteiger partial charge in [-0.1, -0.05) is 12.1 Å². The van der Waals surface area contributed by atoms with Crippen LogP contribution in [0.5, 0.6) is 5.75 Å². The van der Waals surface area contributed by atoms with Gasteiger partial charge in [0.05, 0.1) is 12.0 Å². The Bertz CT molecular complexity index is 1020. The topological polar surface area (TPSA) is 81.3 Å². The number of fused-ring (bicyclic) bond motifs is 1. The molecule has 7 heteroatoms. The Morgan fingerprint density at radius 1 is 1.31 bits per heavy atom. The van der Waals surface area contributed by atoms with Crippen LogP contribution in [0.25, 0.3) is 10.2 Å². The van der Waals surface area contributed by atoms with Gasteiger partial charge in [0.1, 0.15) is 16.1 Å². The van der Waals surface area contributed by atoms with Crippen LogP contribution in [0.4, 0.5) is 0 Å². The molecule has 136 valence electrons. The van der Waals surface area contributed by atoms with Gasteiger partial charge in [-0.15, -0.1) is 11.3 Å². The number of para-hydroxylation sites is 1. The second kappa shape index (κ2) is 7.29. The van der Waals surface area contributed by atoms with Gasteiger partial charge in [-0.25, -0.2) is 9.78 Å². The molecule has 0 fully saturated rings. The van der Waals surface area contributed by atoms with E-state index in [0.29, 0.717) is 34.0 Å². The molecule has 1 atom stereocenters. The number of benzene rings is 1. The van der Waals surface area contributed by atoms with E-state index in [1.807, 2.05) is 20.8 Å². The fourth-order valence-electron chi connectivity index (χ4n) is 2.66. The predicted molar refractivity (Wildman–Crippen MR) is 101 cm³/mol. The van der Waals surface area contributed by atoms with Gasteiger partial charge < -0.3 is 14.5 Å². The molecule has 0 saturated carbocycles. The number of aromatic nitrogens is 2. The van der Waals surface area contributed by atoms with Crippen molar-refractivity contribution in [2.45, 2.75) is 33.8 Å². The fraction of sp³-hybridized carbons (Fsp3) is 0.316. The van der Waals surface area contributed by atoms with Crippen LogP contribution < -0.4 is 10.3 Å². The monoisotopic (exact) mass is 372 g/mol. The Morgan fingerprint density at radius 3 is 2.77 bits per heavy atom. The predicted octanol–water partition coefficient (Wildman–Crippen LogP) is 3.92. The molecule has 1 N–H and O–H groups in total. The summed E-state index contributed by atoms with van der Waals surface area (Å²) in [5.74, 6) is 0.266. The smallest absolute Gasteiger partial charge is 0.342 e. The molecular formula is C19H20N2O4S. The average Bonchev–Trinajstić information content (AvgIpc) is 2.90. The van der Waals surface area contributed by atoms with Gasteiger partial charge >= 0.3 is 5.97 Å². The van der Waals surface area contributed by atoms with Gasteiger partial charge in [0, 0.05) is 4.88 Å². The van der Waals surface area contributed by atoms with Gasteiger partial charge in [-0.3, -0.25) is 4.79 Å². The molecule has 0 bridgehead atoms. The summed E-state index contributed by atoms with van der Waals surface area (Å²) in [7, 11) is 0. The molecule has 0 saturated heterocycles. The Kier molecular flexibility index (Phi) is 5.08. The Labute approximate surface area is 154 Å². The normalized spacial score (nSPS) is 12.2. The number of hydrogen-bond acceptors (Lipinski definition) is 6. The minimum atomic E-state index is -0.697. The molecule has 0 unspecified atom stereocenters. The summed E-state index contributed by atoms with van der Waals surface area (Å²) >= 11 is 1.46. The van der Waals surface area contributed by atoms with Crippen molar-refractivity contribution in [1.82, 2.24) is 9.97 Å². The first-order chi connectivity index (χ1) is 12.4. The highest BCUT2D eigenvalue weighted by Crippen LogP contribution is 2.27. The molecule has 0 spiro atoms. The highest BCUT2D eigenvalue weighted by Gasteiger charge is 2.21. The van der Waals surface area contributed by atoms with Crippen LogP contribution in [0, 0.1) is 13.8 Å². The second-order valence-electron chi connectivity index (χ2n) is 5.89. The first-order valence-electron chi connectivity index (χ1n) is 8.35. The zero-order chi connectivity index (χ0) is 18.8. The number of ether oxygens (including phenoxy) is 2. The molecule has 2 heterocycles. The van der Waals surface area contributed by atoms with Gasteiger partial charge in [0.2, 0.25) is 0 Å². The lowest BCUT2D eigenvalue weighted by Gasteiger charge is -2.14. The number of rotatable bonds is 5. The summed E-state index contributed by atoms with van der Waals surface area (Å²) in [6.07, 6.45) is -0.697. The average molecular weight is 372 g/mol. The maximum Gasteiger partial charge on any atom is 0.342 e. The second-order valence-corrected chi connectivity index (χ2v) is 7.09. The molecule has 0 aliphatic heterocycles. The largest absolute Gasteiger partial charge is 0.493 e. The van der Waals surface area contributed by atoms with Crippen LogP contribution in [0.2, 0.25) is 0 Å². The van der Waals surface area contributed by atoms with Crippen LogP contribution in [0.1, 0.15) is 46.6 Å². The van der Waals surface area contributed by atoms with Crippen molar-refractivity contribution in [2.75, 3.05) is 6.61 Å². The highest BCUT2D eigenvalue weighted by atomic mass is 32.1. The lowest BCUT2D eigenvalue weighted by atomic mass is 10.2. The minimum Gasteiger partial charge on any atom is -0.493 e. The van der Waals surface area contributed by atoms with Crippen LogP contribution in [-0.4, -0.2) is 22.5 Å². The Morgan fingerprint density at radius 2 is 2.04 bits per heavy atom. The molecule has 2 aromatic heterocycles. The summed E-state index contributed by atoms with van der Waals surface area (Å²) in [6, 6.07) is 6.90. The number of esters is 1. The SMILES string of the molecule is CCOc1ccccc1C(=O)O[C@@H](C)c1nc2sc(C)c(C)c2c(=O)[nH]1. The summed E-state index contributed by atoms with van der Waals surface area (Å²) in [4.78, 5) is 33.8. The highest BCUT2D eigenvalue weighted by molar-refractivity contribution is 7.18. The van der Waals surface area contributed by atoms with Crippen molar-refractivity contribution in [2.24, 2.45) is 0 Å². The number of carbonyl (C=O) groups excluding carboxylic acids is 1. The van der Waals surface area contributed by atoms with Crippen LogP contribution in [0.3, 0.4) is 0 Å². The summed E-state index contributed by atoms with van der Waals surface area (Å²) in [5.41, 5.74) is 1.05. The molecule has 26 heavy (non-hydrogen) atoms. The fourth-order valence-corrected chi connectivity index (χ4v) is 3.70. The number of H-pyrrole nitrogens is 1. The summed E-state index contributed by atoms with van der Waals surface area (Å²) in [6.45, 7) is 7.83. The van der Waals surface area contributed by atoms with E-state index in [4.69, 9.17) is 9.47 Å². The third kappa shape index (κ3) is 3.35. The molecule has 3 rings (SSSR count). The van der Waals surface area contributed by atoms with Crippen molar-refractivity contribution >= 4 is 27.5 Å². The van der Waals surface area contributed by atoms with E-state index in [1.165, 1.54) is 11.3 Å². The summed E-state index contributed by atoms with van der Waals surface area (Å²) < 4.78 is 11.0. The van der Waals surface area contributed by atoms with E-state index < -0.39 is 12.1 Å². The Hall–Kier alpha value is -2.67. The van der Waals surface area contributed by atoms with Crippen molar-refractivity contribution in [1.29, 1.82) is 0 Å². The quantitative estimate of drug-likeness (QED) is 0.687. The molecule has 0 aliphatic rings. The third-order valence-electron chi connectivity index (χ3n) is 4.13. The Balaban J connectivity index is 1.89. The van der Waals surface area contributed by atoms with Gasteiger partial charge in [0.25, 0.3) is 5.56 Å². The minimum absolute atomic E-state index is 0.218. The number of carbonyl (C=O) groups is 1. The molecule has 0 aliphatic carbocycles. The lowest BCUT2D eigenvalue weighted by Crippen LogP contribution is -2.17. The maximum absolute atomic E-state index is 12.5. The molecule has 0 amide bonds. The van der Waals surface area contributed by atoms with Crippen molar-refractivity contribution < 1.29 is 14.3 Å². The van der Waals surface area contributed by atoms with Crippen molar-refractivity contribution in [3.8, 4) is 5.75 Å². The van der Waals surface area contributed by atoms with E-state index in [1.54, 1.807) is 31.2 Å². The van der Waals surface area contributed by atoms with Crippen LogP contribution >= 0.6 is 11.3 Å². The molecule has 6 nitrogen and oxygen atoms in total. The lowest BCUT2D eigenvalue weighted by molar-refractivity contribution is 0.0316. The number of thiophene rings is 1. The summed E-state index contributed by atoms with van der Waals surface area (Å²) in [5, 5.41) is 0.594. The molecule has 0 radical (unpaired) electrons. The van der Waals surface area contributed by atoms with E-state index in [-0.39, 0.29) is 5.56 Å². The first kappa shape index (κ1) is 18.1. The van der Waals surface area contributed by atoms with Gasteiger partial charge in [-0.2, -0.15) is 0 Å². The number of aryl methyl sites for hydroxylation is 2. The van der Waals surface area contributed by atoms with E-state index in [0.717, 1.165) is 10.4 Å². The van der Waals surface area contributed by atoms with Crippen LogP contribution in [0.15, 0.2) is 29.1 Å². The van der Waals surface area contributed by atoms with Crippen molar-refractivity contribution in [3.05, 3.63) is 56.4 Å². The van der Waals surface area contributed by atoms with E-state index in [2.05, 4.69) is 9.97 Å². The molecule has 3 aromatic rings. The zero-order valence-electron chi connectivity index (χ0n) is 15.1. The number of hydrogen-bond donors (Lipinski definition) is 1. The van der Waals surface area contributed by atoms with E-state index in [9.17, 15) is 9.59 Å². The number of nitrogens with zero attached hydrogens (tertiary/aromatic N) is 1. The molecular weight excluding hydrogens is 352 g/mol. The standard InChI is InChI=1S/C19H20N2O4S/c1-5-24-14-9-7-6-8-13(14)19(23)25-11(3)16-20-17(22)15-10(2)12(4)26-18(15)21-16/h6-9,11H,5H2,1-4H3,(H,20,21,22)/t11-/m0/s1. The maximum atomic E-state index is 12.5. The molecule has 1 aromatic carbocycles. The van der Waals surface area contributed by atoms with Crippen LogP contribution in [-0.2, 0) is 4.74 Å². The van der Waals surface area contributed by atoms with Gasteiger partial charge in [-0.05, 0) is 45.4 Å². The van der Waals surface area contributed by atoms with Crippen molar-refractivity contribution in [3.63, 3.8) is 0 Å². The van der Waals surface area contributed by atoms with Gasteiger partial charge in [0.15, 0.2) is 11.9 Å².